The summed E-state index contributed by atoms with van der Waals surface area (Å²) in [5.74, 6) is -0.360. The van der Waals surface area contributed by atoms with Crippen LogP contribution >= 0.6 is 0 Å². The average Bonchev–Trinajstić information content (AvgIpc) is 2.80. The van der Waals surface area contributed by atoms with Crippen molar-refractivity contribution in [2.75, 3.05) is 23.7 Å². The van der Waals surface area contributed by atoms with Crippen molar-refractivity contribution in [2.45, 2.75) is 20.3 Å². The Labute approximate surface area is 222 Å². The third kappa shape index (κ3) is 9.08. The molecule has 8 nitrogen and oxygen atoms in total. The number of hydrogen-bond acceptors (Lipinski definition) is 8. The van der Waals surface area contributed by atoms with E-state index in [1.165, 1.54) is 0 Å². The average molecular weight is 488 g/mol. The molecule has 0 aromatic heterocycles. The van der Waals surface area contributed by atoms with Crippen LogP contribution in [0.1, 0.15) is 18.9 Å². The molecule has 0 radical (unpaired) electrons. The summed E-state index contributed by atoms with van der Waals surface area (Å²) in [6.45, 7) is 5.12. The van der Waals surface area contributed by atoms with Crippen molar-refractivity contribution in [1.82, 2.24) is 0 Å². The van der Waals surface area contributed by atoms with Gasteiger partial charge in [-0.25, -0.2) is 8.42 Å². The number of anilines is 1. The molecule has 0 aliphatic carbocycles. The summed E-state index contributed by atoms with van der Waals surface area (Å²) in [6.07, 6.45) is 0.293. The zero-order chi connectivity index (χ0) is 23.7. The van der Waals surface area contributed by atoms with Gasteiger partial charge in [-0.1, -0.05) is 18.2 Å². The van der Waals surface area contributed by atoms with E-state index in [9.17, 15) is 13.0 Å². The topological polar surface area (TPSA) is 110 Å². The molecular weight excluding hydrogens is 461 g/mol. The molecular formula is C24H26N5NaO3S. The van der Waals surface area contributed by atoms with Gasteiger partial charge >= 0.3 is 29.6 Å². The van der Waals surface area contributed by atoms with E-state index in [1.54, 1.807) is 0 Å². The molecule has 34 heavy (non-hydrogen) atoms. The number of azo groups is 2. The molecule has 0 N–H and O–H groups in total. The van der Waals surface area contributed by atoms with Crippen molar-refractivity contribution < 1.29 is 42.5 Å². The van der Waals surface area contributed by atoms with Gasteiger partial charge in [-0.05, 0) is 80.4 Å². The van der Waals surface area contributed by atoms with Gasteiger partial charge in [0.2, 0.25) is 0 Å². The molecule has 3 aromatic rings. The molecule has 0 spiro atoms. The normalized spacial score (nSPS) is 11.6. The van der Waals surface area contributed by atoms with E-state index in [4.69, 9.17) is 0 Å². The molecule has 0 bridgehead atoms. The molecule has 0 aliphatic heterocycles. The number of rotatable bonds is 10. The molecule has 0 amide bonds. The van der Waals surface area contributed by atoms with Crippen molar-refractivity contribution in [1.29, 1.82) is 0 Å². The van der Waals surface area contributed by atoms with Gasteiger partial charge in [-0.15, -0.1) is 0 Å². The Morgan fingerprint density at radius 2 is 1.38 bits per heavy atom. The van der Waals surface area contributed by atoms with Gasteiger partial charge in [-0.2, -0.15) is 20.5 Å². The predicted octanol–water partition coefficient (Wildman–Crippen LogP) is 3.59. The summed E-state index contributed by atoms with van der Waals surface area (Å²) in [6, 6.07) is 22.6. The smallest absolute Gasteiger partial charge is 0.748 e. The Hall–Kier alpha value is -2.43. The maximum Gasteiger partial charge on any atom is 1.00 e. The second-order valence-corrected chi connectivity index (χ2v) is 8.94. The molecule has 3 aromatic carbocycles. The second-order valence-electron chi connectivity index (χ2n) is 7.42. The standard InChI is InChI=1S/C24H27N5O3S.Na/c1-3-29(16-7-17-33(30,31)32)23-14-15-24(19(2)18-23)28-27-22-12-10-21(11-13-22)26-25-20-8-5-4-6-9-20;/h4-6,8-15,18H,3,7,16-17H2,1-2H3,(H,30,31,32);/q;+1/p-1. The number of aryl methyl sites for hydroxylation is 1. The van der Waals surface area contributed by atoms with E-state index in [0.29, 0.717) is 25.2 Å². The van der Waals surface area contributed by atoms with Gasteiger partial charge < -0.3 is 9.45 Å². The largest absolute Gasteiger partial charge is 1.00 e. The number of hydrogen-bond donors (Lipinski definition) is 0. The zero-order valence-electron chi connectivity index (χ0n) is 19.6. The molecule has 3 rings (SSSR count). The summed E-state index contributed by atoms with van der Waals surface area (Å²) >= 11 is 0. The molecule has 0 fully saturated rings. The van der Waals surface area contributed by atoms with Crippen LogP contribution in [0.2, 0.25) is 0 Å². The Morgan fingerprint density at radius 3 is 1.91 bits per heavy atom. The summed E-state index contributed by atoms with van der Waals surface area (Å²) < 4.78 is 32.5. The van der Waals surface area contributed by atoms with Gasteiger partial charge in [0, 0.05) is 24.5 Å². The van der Waals surface area contributed by atoms with E-state index >= 15 is 0 Å². The van der Waals surface area contributed by atoms with Crippen molar-refractivity contribution in [2.24, 2.45) is 20.5 Å². The molecule has 0 heterocycles. The third-order valence-corrected chi connectivity index (χ3v) is 5.70. The van der Waals surface area contributed by atoms with Crippen LogP contribution < -0.4 is 34.5 Å². The van der Waals surface area contributed by atoms with Crippen LogP contribution in [0.5, 0.6) is 0 Å². The zero-order valence-corrected chi connectivity index (χ0v) is 22.4. The number of benzene rings is 3. The van der Waals surface area contributed by atoms with Crippen molar-refractivity contribution in [3.63, 3.8) is 0 Å². The molecule has 10 heteroatoms. The van der Waals surface area contributed by atoms with E-state index in [-0.39, 0.29) is 35.3 Å². The van der Waals surface area contributed by atoms with Crippen LogP contribution in [-0.2, 0) is 10.1 Å². The first-order chi connectivity index (χ1) is 15.8. The van der Waals surface area contributed by atoms with Gasteiger partial charge in [0.15, 0.2) is 0 Å². The predicted molar refractivity (Wildman–Crippen MR) is 129 cm³/mol. The monoisotopic (exact) mass is 487 g/mol. The Balaban J connectivity index is 0.00000408. The van der Waals surface area contributed by atoms with Gasteiger partial charge in [-0.3, -0.25) is 0 Å². The Kier molecular flexibility index (Phi) is 11.0. The maximum absolute atomic E-state index is 10.8. The summed E-state index contributed by atoms with van der Waals surface area (Å²) in [4.78, 5) is 2.03. The summed E-state index contributed by atoms with van der Waals surface area (Å²) in [5, 5.41) is 17.1. The summed E-state index contributed by atoms with van der Waals surface area (Å²) in [5.41, 5.74) is 4.85. The second kappa shape index (κ2) is 13.5. The minimum atomic E-state index is -4.19. The van der Waals surface area contributed by atoms with Crippen LogP contribution in [0.15, 0.2) is 93.3 Å². The Morgan fingerprint density at radius 1 is 0.824 bits per heavy atom. The minimum Gasteiger partial charge on any atom is -0.748 e. The third-order valence-electron chi connectivity index (χ3n) is 4.91. The molecule has 0 aliphatic rings. The maximum atomic E-state index is 10.8. The van der Waals surface area contributed by atoms with Gasteiger partial charge in [0.1, 0.15) is 0 Å². The van der Waals surface area contributed by atoms with Crippen molar-refractivity contribution in [3.05, 3.63) is 78.4 Å². The van der Waals surface area contributed by atoms with Crippen molar-refractivity contribution >= 4 is 38.6 Å². The first kappa shape index (κ1) is 27.8. The fraction of sp³-hybridized carbons (Fsp3) is 0.250. The van der Waals surface area contributed by atoms with Crippen molar-refractivity contribution in [3.8, 4) is 0 Å². The quantitative estimate of drug-likeness (QED) is 0.247. The first-order valence-corrected chi connectivity index (χ1v) is 12.2. The van der Waals surface area contributed by atoms with E-state index < -0.39 is 10.1 Å². The fourth-order valence-corrected chi connectivity index (χ4v) is 3.64. The van der Waals surface area contributed by atoms with Crippen LogP contribution in [0.4, 0.5) is 28.4 Å². The SMILES string of the molecule is CCN(CCCS(=O)(=O)[O-])c1ccc(N=Nc2ccc(N=Nc3ccccc3)cc2)c(C)c1.[Na+]. The van der Waals surface area contributed by atoms with Crippen LogP contribution in [0, 0.1) is 6.92 Å². The Bertz CT molecular complexity index is 1220. The van der Waals surface area contributed by atoms with Crippen LogP contribution in [0.3, 0.4) is 0 Å². The molecule has 0 unspecified atom stereocenters. The molecule has 0 saturated heterocycles. The fourth-order valence-electron chi connectivity index (χ4n) is 3.16. The van der Waals surface area contributed by atoms with E-state index in [0.717, 1.165) is 28.3 Å². The number of nitrogens with zero attached hydrogens (tertiary/aromatic N) is 5. The van der Waals surface area contributed by atoms with E-state index in [1.807, 2.05) is 91.5 Å². The van der Waals surface area contributed by atoms with Gasteiger partial charge in [0.25, 0.3) is 0 Å². The molecule has 0 saturated carbocycles. The van der Waals surface area contributed by atoms with E-state index in [2.05, 4.69) is 20.5 Å². The minimum absolute atomic E-state index is 0. The van der Waals surface area contributed by atoms with Crippen LogP contribution in [0.25, 0.3) is 0 Å². The van der Waals surface area contributed by atoms with Crippen LogP contribution in [-0.4, -0.2) is 31.8 Å². The first-order valence-electron chi connectivity index (χ1n) is 10.6. The van der Waals surface area contributed by atoms with Gasteiger partial charge in [0.05, 0.1) is 32.9 Å². The summed E-state index contributed by atoms with van der Waals surface area (Å²) in [7, 11) is -4.19. The molecule has 172 valence electrons. The molecule has 0 atom stereocenters.